The first-order chi connectivity index (χ1) is 14.2. The van der Waals surface area contributed by atoms with E-state index in [-0.39, 0.29) is 0 Å². The van der Waals surface area contributed by atoms with Gasteiger partial charge in [-0.05, 0) is 71.8 Å². The summed E-state index contributed by atoms with van der Waals surface area (Å²) in [5.41, 5.74) is 1.08. The van der Waals surface area contributed by atoms with Gasteiger partial charge in [0.25, 0.3) is 0 Å². The van der Waals surface area contributed by atoms with Crippen LogP contribution in [0, 0.1) is 11.8 Å². The van der Waals surface area contributed by atoms with Crippen LogP contribution in [0.25, 0.3) is 0 Å². The molecule has 0 saturated carbocycles. The summed E-state index contributed by atoms with van der Waals surface area (Å²) in [5, 5.41) is 0. The second-order valence-electron chi connectivity index (χ2n) is 8.31. The van der Waals surface area contributed by atoms with Crippen molar-refractivity contribution in [2.75, 3.05) is 44.3 Å². The molecule has 2 saturated heterocycles. The maximum atomic E-state index is 6.13. The second kappa shape index (κ2) is 8.53. The second-order valence-corrected chi connectivity index (χ2v) is 10.1. The fourth-order valence-corrected chi connectivity index (χ4v) is 5.45. The van der Waals surface area contributed by atoms with Crippen molar-refractivity contribution in [2.24, 2.45) is 11.8 Å². The Labute approximate surface area is 188 Å². The van der Waals surface area contributed by atoms with Crippen LogP contribution >= 0.6 is 31.9 Å². The van der Waals surface area contributed by atoms with Crippen molar-refractivity contribution < 1.29 is 9.47 Å². The lowest BCUT2D eigenvalue weighted by Crippen LogP contribution is -2.46. The molecule has 0 N–H and O–H groups in total. The lowest BCUT2D eigenvalue weighted by Gasteiger charge is -2.41. The number of rotatable bonds is 5. The van der Waals surface area contributed by atoms with Gasteiger partial charge in [0.05, 0.1) is 18.9 Å². The third kappa shape index (κ3) is 4.33. The number of halogens is 2. The van der Waals surface area contributed by atoms with Gasteiger partial charge in [-0.3, -0.25) is 0 Å². The van der Waals surface area contributed by atoms with Crippen LogP contribution in [-0.2, 0) is 4.74 Å². The van der Waals surface area contributed by atoms with E-state index in [9.17, 15) is 0 Å². The molecule has 5 nitrogen and oxygen atoms in total. The van der Waals surface area contributed by atoms with Gasteiger partial charge >= 0.3 is 0 Å². The average molecular weight is 523 g/mol. The SMILES string of the molecule is Brc1ccc2c(c1)Oc1cc(Br)cnc1N2CCCCN1CC2COCC(C2)C1. The topological polar surface area (TPSA) is 37.8 Å². The maximum Gasteiger partial charge on any atom is 0.176 e. The van der Waals surface area contributed by atoms with Gasteiger partial charge in [-0.2, -0.15) is 0 Å². The largest absolute Gasteiger partial charge is 0.451 e. The molecule has 2 aromatic rings. The molecule has 2 fully saturated rings. The van der Waals surface area contributed by atoms with Crippen molar-refractivity contribution >= 4 is 43.4 Å². The molecule has 29 heavy (non-hydrogen) atoms. The highest BCUT2D eigenvalue weighted by Crippen LogP contribution is 2.47. The molecule has 4 heterocycles. The molecule has 2 atom stereocenters. The van der Waals surface area contributed by atoms with Crippen LogP contribution in [0.1, 0.15) is 19.3 Å². The molecule has 5 rings (SSSR count). The lowest BCUT2D eigenvalue weighted by atomic mass is 9.88. The van der Waals surface area contributed by atoms with Crippen LogP contribution < -0.4 is 9.64 Å². The van der Waals surface area contributed by atoms with E-state index >= 15 is 0 Å². The minimum Gasteiger partial charge on any atom is -0.451 e. The summed E-state index contributed by atoms with van der Waals surface area (Å²) < 4.78 is 13.8. The van der Waals surface area contributed by atoms with Crippen LogP contribution in [0.2, 0.25) is 0 Å². The fourth-order valence-electron chi connectivity index (χ4n) is 4.80. The van der Waals surface area contributed by atoms with E-state index < -0.39 is 0 Å². The van der Waals surface area contributed by atoms with Crippen LogP contribution in [0.5, 0.6) is 11.5 Å². The maximum absolute atomic E-state index is 6.13. The number of likely N-dealkylation sites (tertiary alicyclic amines) is 1. The molecule has 0 spiro atoms. The van der Waals surface area contributed by atoms with Crippen LogP contribution in [0.15, 0.2) is 39.4 Å². The van der Waals surface area contributed by atoms with Crippen LogP contribution in [-0.4, -0.2) is 49.3 Å². The molecule has 154 valence electrons. The standard InChI is InChI=1S/C22H25Br2N3O2/c23-17-3-4-19-20(8-17)29-21-9-18(24)10-25-22(21)27(19)6-2-1-5-26-11-15-7-16(12-26)14-28-13-15/h3-4,8-10,15-16H,1-2,5-7,11-14H2. The number of piperidine rings is 1. The third-order valence-electron chi connectivity index (χ3n) is 6.00. The summed E-state index contributed by atoms with van der Waals surface area (Å²) in [5.74, 6) is 4.04. The summed E-state index contributed by atoms with van der Waals surface area (Å²) in [6, 6.07) is 8.19. The summed E-state index contributed by atoms with van der Waals surface area (Å²) in [6.07, 6.45) is 5.51. The number of aromatic nitrogens is 1. The molecular formula is C22H25Br2N3O2. The summed E-state index contributed by atoms with van der Waals surface area (Å²) in [7, 11) is 0. The Bertz CT molecular complexity index is 831. The Hall–Kier alpha value is -1.15. The van der Waals surface area contributed by atoms with Crippen molar-refractivity contribution in [3.05, 3.63) is 39.4 Å². The molecule has 0 amide bonds. The Balaban J connectivity index is 1.25. The van der Waals surface area contributed by atoms with Crippen LogP contribution in [0.4, 0.5) is 11.5 Å². The number of hydrogen-bond acceptors (Lipinski definition) is 5. The van der Waals surface area contributed by atoms with Gasteiger partial charge in [-0.1, -0.05) is 15.9 Å². The van der Waals surface area contributed by atoms with Gasteiger partial charge in [0.1, 0.15) is 0 Å². The van der Waals surface area contributed by atoms with Crippen molar-refractivity contribution in [3.8, 4) is 11.5 Å². The number of fused-ring (bicyclic) bond motifs is 4. The molecule has 2 bridgehead atoms. The predicted octanol–water partition coefficient (Wildman–Crippen LogP) is 5.60. The molecule has 3 aliphatic heterocycles. The Morgan fingerprint density at radius 2 is 1.72 bits per heavy atom. The minimum atomic E-state index is 0.738. The summed E-state index contributed by atoms with van der Waals surface area (Å²) >= 11 is 7.06. The first-order valence-electron chi connectivity index (χ1n) is 10.4. The van der Waals surface area contributed by atoms with E-state index in [4.69, 9.17) is 9.47 Å². The van der Waals surface area contributed by atoms with Gasteiger partial charge in [-0.15, -0.1) is 0 Å². The number of nitrogens with zero attached hydrogens (tertiary/aromatic N) is 3. The van der Waals surface area contributed by atoms with E-state index in [1.165, 1.54) is 32.5 Å². The predicted molar refractivity (Wildman–Crippen MR) is 121 cm³/mol. The molecule has 0 aliphatic carbocycles. The molecule has 7 heteroatoms. The summed E-state index contributed by atoms with van der Waals surface area (Å²) in [4.78, 5) is 9.59. The van der Waals surface area contributed by atoms with Crippen molar-refractivity contribution in [2.45, 2.75) is 19.3 Å². The molecule has 1 aromatic heterocycles. The normalized spacial score (nSPS) is 23.3. The first-order valence-corrected chi connectivity index (χ1v) is 11.9. The zero-order chi connectivity index (χ0) is 19.8. The van der Waals surface area contributed by atoms with E-state index in [2.05, 4.69) is 58.8 Å². The number of anilines is 2. The number of ether oxygens (including phenoxy) is 2. The summed E-state index contributed by atoms with van der Waals surface area (Å²) in [6.45, 7) is 6.40. The molecule has 1 aromatic carbocycles. The van der Waals surface area contributed by atoms with Gasteiger partial charge < -0.3 is 19.3 Å². The van der Waals surface area contributed by atoms with Crippen molar-refractivity contribution in [3.63, 3.8) is 0 Å². The van der Waals surface area contributed by atoms with Crippen molar-refractivity contribution in [1.82, 2.24) is 9.88 Å². The number of unbranched alkanes of at least 4 members (excludes halogenated alkanes) is 1. The highest BCUT2D eigenvalue weighted by Gasteiger charge is 2.31. The molecule has 3 aliphatic rings. The Kier molecular flexibility index (Phi) is 5.82. The molecular weight excluding hydrogens is 498 g/mol. The quantitative estimate of drug-likeness (QED) is 0.478. The van der Waals surface area contributed by atoms with Gasteiger partial charge in [-0.25, -0.2) is 4.98 Å². The Morgan fingerprint density at radius 1 is 0.966 bits per heavy atom. The van der Waals surface area contributed by atoms with Gasteiger partial charge in [0, 0.05) is 40.8 Å². The average Bonchev–Trinajstić information content (AvgIpc) is 2.69. The number of hydrogen-bond donors (Lipinski definition) is 0. The third-order valence-corrected chi connectivity index (χ3v) is 6.93. The van der Waals surface area contributed by atoms with E-state index in [1.807, 2.05) is 18.3 Å². The fraction of sp³-hybridized carbons (Fsp3) is 0.500. The molecule has 2 unspecified atom stereocenters. The molecule has 0 radical (unpaired) electrons. The number of benzene rings is 1. The van der Waals surface area contributed by atoms with Gasteiger partial charge in [0.2, 0.25) is 0 Å². The zero-order valence-corrected chi connectivity index (χ0v) is 19.5. The van der Waals surface area contributed by atoms with E-state index in [1.54, 1.807) is 0 Å². The first kappa shape index (κ1) is 19.8. The zero-order valence-electron chi connectivity index (χ0n) is 16.3. The highest BCUT2D eigenvalue weighted by atomic mass is 79.9. The van der Waals surface area contributed by atoms with Crippen molar-refractivity contribution in [1.29, 1.82) is 0 Å². The smallest absolute Gasteiger partial charge is 0.176 e. The highest BCUT2D eigenvalue weighted by molar-refractivity contribution is 9.10. The lowest BCUT2D eigenvalue weighted by molar-refractivity contribution is -0.0405. The minimum absolute atomic E-state index is 0.738. The Morgan fingerprint density at radius 3 is 2.55 bits per heavy atom. The van der Waals surface area contributed by atoms with E-state index in [0.717, 1.165) is 70.0 Å². The monoisotopic (exact) mass is 521 g/mol. The van der Waals surface area contributed by atoms with E-state index in [0.29, 0.717) is 0 Å². The van der Waals surface area contributed by atoms with Crippen LogP contribution in [0.3, 0.4) is 0 Å². The van der Waals surface area contributed by atoms with Gasteiger partial charge in [0.15, 0.2) is 17.3 Å². The number of pyridine rings is 1.